The van der Waals surface area contributed by atoms with Crippen LogP contribution in [0.1, 0.15) is 22.7 Å². The summed E-state index contributed by atoms with van der Waals surface area (Å²) < 4.78 is 10.7. The smallest absolute Gasteiger partial charge is 0.300 e. The van der Waals surface area contributed by atoms with Crippen molar-refractivity contribution in [3.63, 3.8) is 0 Å². The largest absolute Gasteiger partial charge is 0.507 e. The lowest BCUT2D eigenvalue weighted by Gasteiger charge is -2.26. The molecule has 1 N–H and O–H groups in total. The van der Waals surface area contributed by atoms with Crippen LogP contribution in [-0.4, -0.2) is 31.0 Å². The maximum Gasteiger partial charge on any atom is 0.300 e. The second kappa shape index (κ2) is 9.41. The molecule has 34 heavy (non-hydrogen) atoms. The van der Waals surface area contributed by atoms with Crippen molar-refractivity contribution in [1.29, 1.82) is 0 Å². The Bertz CT molecular complexity index is 1330. The molecule has 0 spiro atoms. The number of aryl methyl sites for hydroxylation is 1. The summed E-state index contributed by atoms with van der Waals surface area (Å²) in [5, 5.41) is 11.8. The van der Waals surface area contributed by atoms with E-state index in [2.05, 4.69) is 0 Å². The van der Waals surface area contributed by atoms with Crippen molar-refractivity contribution in [3.8, 4) is 11.5 Å². The number of ether oxygens (including phenoxy) is 2. The summed E-state index contributed by atoms with van der Waals surface area (Å²) in [7, 11) is 2.91. The van der Waals surface area contributed by atoms with Gasteiger partial charge < -0.3 is 14.6 Å². The highest BCUT2D eigenvalue weighted by Crippen LogP contribution is 2.45. The Balaban J connectivity index is 2.02. The number of carbonyl (C=O) groups is 2. The number of anilines is 1. The van der Waals surface area contributed by atoms with E-state index in [4.69, 9.17) is 32.7 Å². The predicted molar refractivity (Wildman–Crippen MR) is 132 cm³/mol. The molecule has 0 aliphatic carbocycles. The van der Waals surface area contributed by atoms with Crippen LogP contribution in [0.5, 0.6) is 11.5 Å². The number of rotatable bonds is 5. The Morgan fingerprint density at radius 2 is 1.71 bits per heavy atom. The molecule has 0 aromatic heterocycles. The van der Waals surface area contributed by atoms with Crippen molar-refractivity contribution in [3.05, 3.63) is 93.0 Å². The third-order valence-corrected chi connectivity index (χ3v) is 6.10. The Morgan fingerprint density at radius 3 is 2.38 bits per heavy atom. The molecule has 1 amide bonds. The summed E-state index contributed by atoms with van der Waals surface area (Å²) in [6.45, 7) is 1.89. The number of hydrogen-bond acceptors (Lipinski definition) is 5. The minimum Gasteiger partial charge on any atom is -0.507 e. The van der Waals surface area contributed by atoms with Gasteiger partial charge in [0.1, 0.15) is 17.3 Å². The molecule has 4 rings (SSSR count). The van der Waals surface area contributed by atoms with Crippen LogP contribution < -0.4 is 14.4 Å². The first-order valence-corrected chi connectivity index (χ1v) is 11.1. The molecular weight excluding hydrogens is 477 g/mol. The van der Waals surface area contributed by atoms with Gasteiger partial charge in [0.05, 0.1) is 36.4 Å². The molecule has 1 saturated heterocycles. The molecule has 6 nitrogen and oxygen atoms in total. The summed E-state index contributed by atoms with van der Waals surface area (Å²) in [4.78, 5) is 28.0. The lowest BCUT2D eigenvalue weighted by atomic mass is 9.94. The lowest BCUT2D eigenvalue weighted by Crippen LogP contribution is -2.29. The van der Waals surface area contributed by atoms with E-state index in [1.54, 1.807) is 42.5 Å². The molecule has 1 heterocycles. The van der Waals surface area contributed by atoms with E-state index in [1.807, 2.05) is 13.0 Å². The van der Waals surface area contributed by atoms with Crippen molar-refractivity contribution < 1.29 is 24.2 Å². The van der Waals surface area contributed by atoms with Gasteiger partial charge in [0.15, 0.2) is 0 Å². The second-order valence-corrected chi connectivity index (χ2v) is 8.60. The first kappa shape index (κ1) is 23.7. The van der Waals surface area contributed by atoms with Crippen LogP contribution >= 0.6 is 23.2 Å². The first-order valence-electron chi connectivity index (χ1n) is 10.3. The number of hydrogen-bond donors (Lipinski definition) is 1. The van der Waals surface area contributed by atoms with Crippen molar-refractivity contribution in [2.24, 2.45) is 0 Å². The lowest BCUT2D eigenvalue weighted by molar-refractivity contribution is -0.132. The Hall–Kier alpha value is -3.48. The van der Waals surface area contributed by atoms with Gasteiger partial charge in [0.25, 0.3) is 11.7 Å². The molecule has 1 aliphatic rings. The zero-order valence-electron chi connectivity index (χ0n) is 18.6. The Labute approximate surface area is 206 Å². The zero-order chi connectivity index (χ0) is 24.6. The number of benzene rings is 3. The number of amides is 1. The van der Waals surface area contributed by atoms with Gasteiger partial charge in [-0.25, -0.2) is 0 Å². The monoisotopic (exact) mass is 497 g/mol. The van der Waals surface area contributed by atoms with E-state index < -0.39 is 23.5 Å². The molecule has 1 fully saturated rings. The molecule has 174 valence electrons. The van der Waals surface area contributed by atoms with E-state index in [-0.39, 0.29) is 26.9 Å². The Kier molecular flexibility index (Phi) is 6.55. The molecule has 0 saturated carbocycles. The van der Waals surface area contributed by atoms with Crippen LogP contribution in [0.4, 0.5) is 5.69 Å². The summed E-state index contributed by atoms with van der Waals surface area (Å²) in [5.41, 5.74) is 2.00. The van der Waals surface area contributed by atoms with Gasteiger partial charge in [-0.15, -0.1) is 0 Å². The van der Waals surface area contributed by atoms with Crippen LogP contribution in [0, 0.1) is 6.92 Å². The molecule has 1 aliphatic heterocycles. The van der Waals surface area contributed by atoms with E-state index >= 15 is 0 Å². The van der Waals surface area contributed by atoms with Crippen molar-refractivity contribution in [1.82, 2.24) is 0 Å². The van der Waals surface area contributed by atoms with Gasteiger partial charge in [0.2, 0.25) is 0 Å². The molecule has 3 aromatic carbocycles. The maximum absolute atomic E-state index is 13.3. The highest BCUT2D eigenvalue weighted by molar-refractivity contribution is 6.52. The topological polar surface area (TPSA) is 76.1 Å². The van der Waals surface area contributed by atoms with Gasteiger partial charge >= 0.3 is 0 Å². The first-order chi connectivity index (χ1) is 16.3. The van der Waals surface area contributed by atoms with Gasteiger partial charge in [-0.05, 0) is 54.4 Å². The summed E-state index contributed by atoms with van der Waals surface area (Å²) in [6, 6.07) is 16.2. The SMILES string of the molecule is COc1cccc(C2/C(=C(\O)c3cc(Cl)cc(Cl)c3OC)C(=O)C(=O)N2c2cccc(C)c2)c1. The van der Waals surface area contributed by atoms with Gasteiger partial charge in [-0.2, -0.15) is 0 Å². The number of halogens is 2. The third-order valence-electron chi connectivity index (χ3n) is 5.60. The zero-order valence-corrected chi connectivity index (χ0v) is 20.1. The number of ketones is 1. The van der Waals surface area contributed by atoms with Crippen LogP contribution in [0.3, 0.4) is 0 Å². The van der Waals surface area contributed by atoms with Gasteiger partial charge in [-0.3, -0.25) is 14.5 Å². The molecular formula is C26H21Cl2NO5. The maximum atomic E-state index is 13.3. The highest BCUT2D eigenvalue weighted by atomic mass is 35.5. The van der Waals surface area contributed by atoms with Crippen molar-refractivity contribution >= 4 is 46.3 Å². The second-order valence-electron chi connectivity index (χ2n) is 7.75. The highest BCUT2D eigenvalue weighted by Gasteiger charge is 2.47. The number of Topliss-reactive ketones (excluding diaryl/α,β-unsaturated/α-hetero) is 1. The van der Waals surface area contributed by atoms with E-state index in [1.165, 1.54) is 31.3 Å². The quantitative estimate of drug-likeness (QED) is 0.268. The van der Waals surface area contributed by atoms with Gasteiger partial charge in [-0.1, -0.05) is 47.5 Å². The fraction of sp³-hybridized carbons (Fsp3) is 0.154. The van der Waals surface area contributed by atoms with Crippen LogP contribution in [0.2, 0.25) is 10.0 Å². The number of carbonyl (C=O) groups excluding carboxylic acids is 2. The van der Waals surface area contributed by atoms with E-state index in [0.29, 0.717) is 17.0 Å². The van der Waals surface area contributed by atoms with Crippen LogP contribution in [0.15, 0.2) is 66.2 Å². The molecule has 1 atom stereocenters. The normalized spacial score (nSPS) is 17.2. The van der Waals surface area contributed by atoms with E-state index in [0.717, 1.165) is 5.56 Å². The summed E-state index contributed by atoms with van der Waals surface area (Å²) >= 11 is 12.4. The standard InChI is InChI=1S/C26H21Cl2NO5/c1-14-6-4-8-17(10-14)29-22(15-7-5-9-18(11-15)33-2)21(24(31)26(29)32)23(30)19-12-16(27)13-20(28)25(19)34-3/h4-13,22,30H,1-3H3/b23-21+. The Morgan fingerprint density at radius 1 is 0.971 bits per heavy atom. The third kappa shape index (κ3) is 4.11. The molecule has 1 unspecified atom stereocenters. The van der Waals surface area contributed by atoms with Crippen LogP contribution in [0.25, 0.3) is 5.76 Å². The molecule has 0 bridgehead atoms. The molecule has 8 heteroatoms. The van der Waals surface area contributed by atoms with Gasteiger partial charge in [0, 0.05) is 10.7 Å². The number of nitrogens with zero attached hydrogens (tertiary/aromatic N) is 1. The molecule has 3 aromatic rings. The minimum absolute atomic E-state index is 0.107. The van der Waals surface area contributed by atoms with Crippen LogP contribution in [-0.2, 0) is 9.59 Å². The number of methoxy groups -OCH3 is 2. The average molecular weight is 498 g/mol. The van der Waals surface area contributed by atoms with Crippen molar-refractivity contribution in [2.75, 3.05) is 19.1 Å². The predicted octanol–water partition coefficient (Wildman–Crippen LogP) is 5.95. The summed E-state index contributed by atoms with van der Waals surface area (Å²) in [6.07, 6.45) is 0. The fourth-order valence-corrected chi connectivity index (χ4v) is 4.66. The van der Waals surface area contributed by atoms with E-state index in [9.17, 15) is 14.7 Å². The molecule has 0 radical (unpaired) electrons. The number of aliphatic hydroxyl groups excluding tert-OH is 1. The minimum atomic E-state index is -0.931. The average Bonchev–Trinajstić information content (AvgIpc) is 3.08. The fourth-order valence-electron chi connectivity index (χ4n) is 4.09. The number of aliphatic hydroxyl groups is 1. The van der Waals surface area contributed by atoms with Crippen molar-refractivity contribution in [2.45, 2.75) is 13.0 Å². The summed E-state index contributed by atoms with van der Waals surface area (Å²) in [5.74, 6) is -1.38.